The second-order valence-electron chi connectivity index (χ2n) is 5.21. The van der Waals surface area contributed by atoms with Crippen LogP contribution < -0.4 is 15.0 Å². The molecule has 0 spiro atoms. The van der Waals surface area contributed by atoms with Crippen LogP contribution in [0.2, 0.25) is 0 Å². The van der Waals surface area contributed by atoms with E-state index in [0.29, 0.717) is 22.6 Å². The Bertz CT molecular complexity index is 857. The van der Waals surface area contributed by atoms with E-state index in [4.69, 9.17) is 9.47 Å². The van der Waals surface area contributed by atoms with Crippen molar-refractivity contribution in [1.82, 2.24) is 9.55 Å². The predicted molar refractivity (Wildman–Crippen MR) is 93.0 cm³/mol. The van der Waals surface area contributed by atoms with Gasteiger partial charge in [0.25, 0.3) is 5.56 Å². The standard InChI is InChI=1S/C17H18N2O4S/c1-2-22-13-3-5-14(6-4-13)23-10-12(20)9-19-11-18-16-15(17(19)21)7-8-24-16/h3-8,11-12,20H,2,9-10H2,1H3/t12-/m1/s1. The number of aliphatic hydroxyl groups is 1. The molecule has 1 N–H and O–H groups in total. The number of rotatable bonds is 7. The number of hydrogen-bond donors (Lipinski definition) is 1. The Labute approximate surface area is 142 Å². The normalized spacial score (nSPS) is 12.2. The van der Waals surface area contributed by atoms with Crippen LogP contribution in [0.25, 0.3) is 10.2 Å². The number of aromatic nitrogens is 2. The summed E-state index contributed by atoms with van der Waals surface area (Å²) < 4.78 is 12.3. The van der Waals surface area contributed by atoms with Crippen LogP contribution in [0.15, 0.2) is 46.8 Å². The molecule has 0 aliphatic carbocycles. The van der Waals surface area contributed by atoms with Crippen LogP contribution in [0.1, 0.15) is 6.92 Å². The van der Waals surface area contributed by atoms with E-state index in [0.717, 1.165) is 5.75 Å². The van der Waals surface area contributed by atoms with Crippen molar-refractivity contribution in [3.63, 3.8) is 0 Å². The fourth-order valence-corrected chi connectivity index (χ4v) is 3.02. The van der Waals surface area contributed by atoms with E-state index >= 15 is 0 Å². The molecule has 0 aliphatic heterocycles. The van der Waals surface area contributed by atoms with Crippen molar-refractivity contribution in [2.45, 2.75) is 19.6 Å². The second-order valence-corrected chi connectivity index (χ2v) is 6.11. The molecule has 0 bridgehead atoms. The molecule has 7 heteroatoms. The van der Waals surface area contributed by atoms with Crippen LogP contribution in [0.5, 0.6) is 11.5 Å². The lowest BCUT2D eigenvalue weighted by molar-refractivity contribution is 0.0914. The summed E-state index contributed by atoms with van der Waals surface area (Å²) >= 11 is 1.42. The smallest absolute Gasteiger partial charge is 0.262 e. The highest BCUT2D eigenvalue weighted by Crippen LogP contribution is 2.18. The number of ether oxygens (including phenoxy) is 2. The molecule has 1 atom stereocenters. The van der Waals surface area contributed by atoms with E-state index in [2.05, 4.69) is 4.98 Å². The summed E-state index contributed by atoms with van der Waals surface area (Å²) in [4.78, 5) is 17.2. The van der Waals surface area contributed by atoms with Crippen molar-refractivity contribution in [1.29, 1.82) is 0 Å². The largest absolute Gasteiger partial charge is 0.494 e. The third kappa shape index (κ3) is 3.74. The molecule has 126 valence electrons. The maximum Gasteiger partial charge on any atom is 0.262 e. The average molecular weight is 346 g/mol. The molecule has 0 aliphatic rings. The van der Waals surface area contributed by atoms with E-state index in [1.54, 1.807) is 18.2 Å². The van der Waals surface area contributed by atoms with Crippen molar-refractivity contribution in [2.75, 3.05) is 13.2 Å². The second kappa shape index (κ2) is 7.46. The van der Waals surface area contributed by atoms with Crippen LogP contribution in [-0.2, 0) is 6.54 Å². The van der Waals surface area contributed by atoms with Crippen LogP contribution in [0.4, 0.5) is 0 Å². The summed E-state index contributed by atoms with van der Waals surface area (Å²) in [7, 11) is 0. The molecule has 0 unspecified atom stereocenters. The third-order valence-corrected chi connectivity index (χ3v) is 4.26. The van der Waals surface area contributed by atoms with Gasteiger partial charge < -0.3 is 14.6 Å². The molecule has 2 heterocycles. The molecule has 0 radical (unpaired) electrons. The highest BCUT2D eigenvalue weighted by Gasteiger charge is 2.11. The van der Waals surface area contributed by atoms with E-state index in [1.165, 1.54) is 22.2 Å². The molecular formula is C17H18N2O4S. The van der Waals surface area contributed by atoms with Crippen molar-refractivity contribution >= 4 is 21.6 Å². The summed E-state index contributed by atoms with van der Waals surface area (Å²) in [6.07, 6.45) is 0.647. The number of nitrogens with zero attached hydrogens (tertiary/aromatic N) is 2. The van der Waals surface area contributed by atoms with Crippen molar-refractivity contribution in [2.24, 2.45) is 0 Å². The van der Waals surface area contributed by atoms with Crippen LogP contribution >= 0.6 is 11.3 Å². The van der Waals surface area contributed by atoms with Gasteiger partial charge in [0.05, 0.1) is 24.9 Å². The van der Waals surface area contributed by atoms with E-state index in [-0.39, 0.29) is 18.7 Å². The highest BCUT2D eigenvalue weighted by molar-refractivity contribution is 7.16. The molecule has 2 aromatic heterocycles. The van der Waals surface area contributed by atoms with Gasteiger partial charge in [0.2, 0.25) is 0 Å². The average Bonchev–Trinajstić information content (AvgIpc) is 3.07. The maximum atomic E-state index is 12.3. The lowest BCUT2D eigenvalue weighted by Crippen LogP contribution is -2.30. The molecule has 6 nitrogen and oxygen atoms in total. The first kappa shape index (κ1) is 16.5. The van der Waals surface area contributed by atoms with Crippen LogP contribution in [0, 0.1) is 0 Å². The van der Waals surface area contributed by atoms with Gasteiger partial charge >= 0.3 is 0 Å². The fourth-order valence-electron chi connectivity index (χ4n) is 2.29. The van der Waals surface area contributed by atoms with Gasteiger partial charge in [0.1, 0.15) is 29.0 Å². The Hall–Kier alpha value is -2.38. The van der Waals surface area contributed by atoms with E-state index < -0.39 is 6.10 Å². The molecule has 3 rings (SSSR count). The molecule has 0 amide bonds. The van der Waals surface area contributed by atoms with Gasteiger partial charge in [0, 0.05) is 0 Å². The first-order valence-corrected chi connectivity index (χ1v) is 8.51. The van der Waals surface area contributed by atoms with Crippen LogP contribution in [0.3, 0.4) is 0 Å². The molecule has 0 saturated carbocycles. The Morgan fingerprint density at radius 2 is 1.92 bits per heavy atom. The minimum atomic E-state index is -0.813. The minimum absolute atomic E-state index is 0.0854. The van der Waals surface area contributed by atoms with E-state index in [1.807, 2.05) is 24.4 Å². The summed E-state index contributed by atoms with van der Waals surface area (Å²) in [5.41, 5.74) is -0.152. The van der Waals surface area contributed by atoms with Gasteiger partial charge in [-0.3, -0.25) is 9.36 Å². The Balaban J connectivity index is 1.59. The topological polar surface area (TPSA) is 73.6 Å². The molecule has 3 aromatic rings. The molecule has 0 fully saturated rings. The number of hydrogen-bond acceptors (Lipinski definition) is 6. The first-order valence-electron chi connectivity index (χ1n) is 7.63. The Kier molecular flexibility index (Phi) is 5.12. The number of fused-ring (bicyclic) bond motifs is 1. The quantitative estimate of drug-likeness (QED) is 0.711. The predicted octanol–water partition coefficient (Wildman–Crippen LogP) is 2.30. The van der Waals surface area contributed by atoms with Crippen molar-refractivity contribution in [3.05, 3.63) is 52.4 Å². The third-order valence-electron chi connectivity index (χ3n) is 3.43. The summed E-state index contributed by atoms with van der Waals surface area (Å²) in [5.74, 6) is 1.41. The summed E-state index contributed by atoms with van der Waals surface area (Å²) in [6.45, 7) is 2.75. The minimum Gasteiger partial charge on any atom is -0.494 e. The zero-order valence-electron chi connectivity index (χ0n) is 13.2. The lowest BCUT2D eigenvalue weighted by Gasteiger charge is -2.14. The molecular weight excluding hydrogens is 328 g/mol. The van der Waals surface area contributed by atoms with Gasteiger partial charge in [-0.1, -0.05) is 0 Å². The molecule has 24 heavy (non-hydrogen) atoms. The van der Waals surface area contributed by atoms with Crippen molar-refractivity contribution < 1.29 is 14.6 Å². The summed E-state index contributed by atoms with van der Waals surface area (Å²) in [6, 6.07) is 8.93. The number of thiophene rings is 1. The van der Waals surface area contributed by atoms with Gasteiger partial charge in [-0.25, -0.2) is 4.98 Å². The number of aliphatic hydroxyl groups excluding tert-OH is 1. The Morgan fingerprint density at radius 1 is 1.21 bits per heavy atom. The molecule has 1 aromatic carbocycles. The van der Waals surface area contributed by atoms with E-state index in [9.17, 15) is 9.90 Å². The monoisotopic (exact) mass is 346 g/mol. The maximum absolute atomic E-state index is 12.3. The van der Waals surface area contributed by atoms with Crippen molar-refractivity contribution in [3.8, 4) is 11.5 Å². The SMILES string of the molecule is CCOc1ccc(OC[C@H](O)Cn2cnc3sccc3c2=O)cc1. The van der Waals surface area contributed by atoms with Gasteiger partial charge in [-0.05, 0) is 42.6 Å². The zero-order chi connectivity index (χ0) is 16.9. The first-order chi connectivity index (χ1) is 11.7. The zero-order valence-corrected chi connectivity index (χ0v) is 14.0. The van der Waals surface area contributed by atoms with Crippen LogP contribution in [-0.4, -0.2) is 34.0 Å². The highest BCUT2D eigenvalue weighted by atomic mass is 32.1. The number of benzene rings is 1. The van der Waals surface area contributed by atoms with Gasteiger partial charge in [-0.2, -0.15) is 0 Å². The fraction of sp³-hybridized carbons (Fsp3) is 0.294. The summed E-state index contributed by atoms with van der Waals surface area (Å²) in [5, 5.41) is 12.5. The molecule has 0 saturated heterocycles. The Morgan fingerprint density at radius 3 is 2.62 bits per heavy atom. The van der Waals surface area contributed by atoms with Gasteiger partial charge in [0.15, 0.2) is 0 Å². The van der Waals surface area contributed by atoms with Gasteiger partial charge in [-0.15, -0.1) is 11.3 Å². The lowest BCUT2D eigenvalue weighted by atomic mass is 10.3.